The van der Waals surface area contributed by atoms with E-state index in [4.69, 9.17) is 9.47 Å². The molecule has 2 N–H and O–H groups in total. The van der Waals surface area contributed by atoms with E-state index in [0.717, 1.165) is 29.9 Å². The van der Waals surface area contributed by atoms with Crippen molar-refractivity contribution < 1.29 is 14.6 Å². The molecule has 0 aliphatic heterocycles. The molecule has 100 valence electrons. The lowest BCUT2D eigenvalue weighted by Gasteiger charge is -2.41. The maximum Gasteiger partial charge on any atom is 0.123 e. The number of ether oxygens (including phenoxy) is 2. The molecule has 0 bridgehead atoms. The van der Waals surface area contributed by atoms with E-state index >= 15 is 0 Å². The monoisotopic (exact) mass is 251 g/mol. The van der Waals surface area contributed by atoms with Gasteiger partial charge in [-0.2, -0.15) is 0 Å². The first-order valence-electron chi connectivity index (χ1n) is 6.30. The van der Waals surface area contributed by atoms with Crippen molar-refractivity contribution in [1.29, 1.82) is 0 Å². The van der Waals surface area contributed by atoms with Crippen LogP contribution in [0.15, 0.2) is 18.2 Å². The van der Waals surface area contributed by atoms with Crippen LogP contribution >= 0.6 is 0 Å². The van der Waals surface area contributed by atoms with Gasteiger partial charge in [0.2, 0.25) is 0 Å². The Bertz CT molecular complexity index is 397. The van der Waals surface area contributed by atoms with E-state index < -0.39 is 0 Å². The Kier molecular flexibility index (Phi) is 4.09. The third-order valence-electron chi connectivity index (χ3n) is 3.75. The van der Waals surface area contributed by atoms with Crippen LogP contribution in [0.4, 0.5) is 0 Å². The van der Waals surface area contributed by atoms with Gasteiger partial charge in [-0.15, -0.1) is 0 Å². The normalized spacial score (nSPS) is 17.1. The number of methoxy groups -OCH3 is 2. The van der Waals surface area contributed by atoms with E-state index in [2.05, 4.69) is 5.32 Å². The molecule has 4 nitrogen and oxygen atoms in total. The minimum atomic E-state index is -0.0892. The summed E-state index contributed by atoms with van der Waals surface area (Å²) in [6.45, 7) is 0.875. The molecule has 0 heterocycles. The molecule has 1 aliphatic rings. The molecule has 1 aliphatic carbocycles. The number of hydrogen-bond donors (Lipinski definition) is 2. The molecule has 1 aromatic rings. The van der Waals surface area contributed by atoms with Crippen molar-refractivity contribution in [2.45, 2.75) is 31.3 Å². The van der Waals surface area contributed by atoms with Crippen LogP contribution in [-0.4, -0.2) is 31.5 Å². The SMILES string of the molecule is COc1ccc(OC)c(CNC2(CO)CCC2)c1. The standard InChI is InChI=1S/C14H21NO3/c1-17-12-4-5-13(18-2)11(8-12)9-15-14(10-16)6-3-7-14/h4-5,8,15-16H,3,6-7,9-10H2,1-2H3. The molecule has 0 aromatic heterocycles. The topological polar surface area (TPSA) is 50.7 Å². The van der Waals surface area contributed by atoms with Crippen LogP contribution in [0.3, 0.4) is 0 Å². The van der Waals surface area contributed by atoms with Crippen LogP contribution in [0.25, 0.3) is 0 Å². The Morgan fingerprint density at radius 1 is 1.28 bits per heavy atom. The fourth-order valence-corrected chi connectivity index (χ4v) is 2.30. The smallest absolute Gasteiger partial charge is 0.123 e. The predicted molar refractivity (Wildman–Crippen MR) is 70.1 cm³/mol. The Morgan fingerprint density at radius 3 is 2.56 bits per heavy atom. The molecule has 18 heavy (non-hydrogen) atoms. The van der Waals surface area contributed by atoms with Gasteiger partial charge in [0.05, 0.1) is 20.8 Å². The van der Waals surface area contributed by atoms with E-state index in [-0.39, 0.29) is 12.1 Å². The van der Waals surface area contributed by atoms with Crippen LogP contribution in [-0.2, 0) is 6.54 Å². The van der Waals surface area contributed by atoms with Crippen molar-refractivity contribution in [2.75, 3.05) is 20.8 Å². The third kappa shape index (κ3) is 2.60. The molecular weight excluding hydrogens is 230 g/mol. The van der Waals surface area contributed by atoms with Gasteiger partial charge in [-0.25, -0.2) is 0 Å². The minimum absolute atomic E-state index is 0.0892. The van der Waals surface area contributed by atoms with E-state index in [9.17, 15) is 5.11 Å². The van der Waals surface area contributed by atoms with Crippen LogP contribution in [0.1, 0.15) is 24.8 Å². The average Bonchev–Trinajstić information content (AvgIpc) is 2.37. The second-order valence-electron chi connectivity index (χ2n) is 4.82. The summed E-state index contributed by atoms with van der Waals surface area (Å²) in [7, 11) is 3.32. The van der Waals surface area contributed by atoms with E-state index in [1.165, 1.54) is 6.42 Å². The van der Waals surface area contributed by atoms with Gasteiger partial charge < -0.3 is 19.9 Å². The number of aliphatic hydroxyl groups excluding tert-OH is 1. The number of nitrogens with one attached hydrogen (secondary N) is 1. The Morgan fingerprint density at radius 2 is 2.06 bits per heavy atom. The van der Waals surface area contributed by atoms with Crippen molar-refractivity contribution in [3.05, 3.63) is 23.8 Å². The maximum absolute atomic E-state index is 9.42. The highest BCUT2D eigenvalue weighted by Gasteiger charge is 2.35. The lowest BCUT2D eigenvalue weighted by molar-refractivity contribution is 0.0869. The highest BCUT2D eigenvalue weighted by atomic mass is 16.5. The summed E-state index contributed by atoms with van der Waals surface area (Å²) in [6, 6.07) is 5.76. The quantitative estimate of drug-likeness (QED) is 0.808. The molecule has 2 rings (SSSR count). The molecule has 0 amide bonds. The van der Waals surface area contributed by atoms with Crippen molar-refractivity contribution >= 4 is 0 Å². The molecule has 0 atom stereocenters. The molecule has 1 saturated carbocycles. The van der Waals surface area contributed by atoms with Crippen LogP contribution in [0.2, 0.25) is 0 Å². The second-order valence-corrected chi connectivity index (χ2v) is 4.82. The van der Waals surface area contributed by atoms with Crippen molar-refractivity contribution in [1.82, 2.24) is 5.32 Å². The Labute approximate surface area is 108 Å². The predicted octanol–water partition coefficient (Wildman–Crippen LogP) is 1.71. The van der Waals surface area contributed by atoms with Crippen LogP contribution in [0.5, 0.6) is 11.5 Å². The van der Waals surface area contributed by atoms with Gasteiger partial charge in [0.25, 0.3) is 0 Å². The zero-order chi connectivity index (χ0) is 13.0. The third-order valence-corrected chi connectivity index (χ3v) is 3.75. The fraction of sp³-hybridized carbons (Fsp3) is 0.571. The first-order chi connectivity index (χ1) is 8.73. The second kappa shape index (κ2) is 5.59. The van der Waals surface area contributed by atoms with E-state index in [0.29, 0.717) is 6.54 Å². The number of benzene rings is 1. The van der Waals surface area contributed by atoms with Gasteiger partial charge in [0.1, 0.15) is 11.5 Å². The van der Waals surface area contributed by atoms with E-state index in [1.54, 1.807) is 14.2 Å². The molecule has 0 saturated heterocycles. The summed E-state index contributed by atoms with van der Waals surface area (Å²) in [5, 5.41) is 12.9. The van der Waals surface area contributed by atoms with Crippen LogP contribution in [0, 0.1) is 0 Å². The van der Waals surface area contributed by atoms with Crippen molar-refractivity contribution in [3.8, 4) is 11.5 Å². The van der Waals surface area contributed by atoms with Gasteiger partial charge in [0.15, 0.2) is 0 Å². The summed E-state index contributed by atoms with van der Waals surface area (Å²) in [4.78, 5) is 0. The highest BCUT2D eigenvalue weighted by molar-refractivity contribution is 5.40. The number of hydrogen-bond acceptors (Lipinski definition) is 4. The molecule has 4 heteroatoms. The lowest BCUT2D eigenvalue weighted by atomic mass is 9.77. The highest BCUT2D eigenvalue weighted by Crippen LogP contribution is 2.32. The van der Waals surface area contributed by atoms with E-state index in [1.807, 2.05) is 18.2 Å². The zero-order valence-corrected chi connectivity index (χ0v) is 11.0. The summed E-state index contributed by atoms with van der Waals surface area (Å²) in [6.07, 6.45) is 3.26. The molecular formula is C14H21NO3. The van der Waals surface area contributed by atoms with Crippen molar-refractivity contribution in [2.24, 2.45) is 0 Å². The van der Waals surface area contributed by atoms with Crippen LogP contribution < -0.4 is 14.8 Å². The van der Waals surface area contributed by atoms with Gasteiger partial charge in [-0.3, -0.25) is 0 Å². The van der Waals surface area contributed by atoms with Gasteiger partial charge in [-0.05, 0) is 37.5 Å². The summed E-state index contributed by atoms with van der Waals surface area (Å²) in [5.74, 6) is 1.66. The first kappa shape index (κ1) is 13.2. The maximum atomic E-state index is 9.42. The Hall–Kier alpha value is -1.26. The van der Waals surface area contributed by atoms with Crippen molar-refractivity contribution in [3.63, 3.8) is 0 Å². The summed E-state index contributed by atoms with van der Waals surface area (Å²) >= 11 is 0. The molecule has 0 radical (unpaired) electrons. The first-order valence-corrected chi connectivity index (χ1v) is 6.30. The lowest BCUT2D eigenvalue weighted by Crippen LogP contribution is -2.53. The molecule has 1 fully saturated rings. The van der Waals surface area contributed by atoms with Gasteiger partial charge >= 0.3 is 0 Å². The zero-order valence-electron chi connectivity index (χ0n) is 11.0. The fourth-order valence-electron chi connectivity index (χ4n) is 2.30. The minimum Gasteiger partial charge on any atom is -0.497 e. The van der Waals surface area contributed by atoms with Gasteiger partial charge in [0, 0.05) is 17.6 Å². The average molecular weight is 251 g/mol. The molecule has 1 aromatic carbocycles. The molecule has 0 unspecified atom stereocenters. The summed E-state index contributed by atoms with van der Waals surface area (Å²) in [5.41, 5.74) is 0.963. The largest absolute Gasteiger partial charge is 0.497 e. The van der Waals surface area contributed by atoms with Gasteiger partial charge in [-0.1, -0.05) is 0 Å². The summed E-state index contributed by atoms with van der Waals surface area (Å²) < 4.78 is 10.6. The molecule has 0 spiro atoms. The number of aliphatic hydroxyl groups is 1. The Balaban J connectivity index is 2.07. The number of rotatable bonds is 6.